The van der Waals surface area contributed by atoms with Crippen molar-refractivity contribution < 1.29 is 9.90 Å². The Balaban J connectivity index is 3.36. The lowest BCUT2D eigenvalue weighted by molar-refractivity contribution is 0.473. The summed E-state index contributed by atoms with van der Waals surface area (Å²) in [6.07, 6.45) is 1.81. The third kappa shape index (κ3) is 1.47. The zero-order chi connectivity index (χ0) is 12.6. The second-order valence-electron chi connectivity index (χ2n) is 3.72. The zero-order valence-corrected chi connectivity index (χ0v) is 9.52. The number of aromatic nitrogens is 1. The molecule has 86 valence electrons. The van der Waals surface area contributed by atoms with Gasteiger partial charge in [-0.15, -0.1) is 0 Å². The Morgan fingerprint density at radius 1 is 1.41 bits per heavy atom. The molecule has 1 heterocycles. The fourth-order valence-corrected chi connectivity index (χ4v) is 1.93. The van der Waals surface area contributed by atoms with Gasteiger partial charge < -0.3 is 9.67 Å². The normalized spacial score (nSPS) is 11.8. The van der Waals surface area contributed by atoms with Crippen LogP contribution in [0, 0.1) is 0 Å². The van der Waals surface area contributed by atoms with Crippen molar-refractivity contribution in [2.75, 3.05) is 0 Å². The van der Waals surface area contributed by atoms with Gasteiger partial charge in [-0.25, -0.2) is 4.79 Å². The first kappa shape index (κ1) is 11.2. The number of aromatic hydroxyl groups is 1. The van der Waals surface area contributed by atoms with Gasteiger partial charge in [0, 0.05) is 12.4 Å². The van der Waals surface area contributed by atoms with E-state index in [-0.39, 0.29) is 11.0 Å². The summed E-state index contributed by atoms with van der Waals surface area (Å²) in [5.74, 6) is 1.20. The zero-order valence-electron chi connectivity index (χ0n) is 9.52. The lowest BCUT2D eigenvalue weighted by Crippen LogP contribution is -2.35. The maximum atomic E-state index is 11.8. The fourth-order valence-electron chi connectivity index (χ4n) is 1.93. The van der Waals surface area contributed by atoms with Crippen molar-refractivity contribution in [3.63, 3.8) is 0 Å². The van der Waals surface area contributed by atoms with Gasteiger partial charge in [0.1, 0.15) is 11.7 Å². The Labute approximate surface area is 96.7 Å². The molecule has 0 saturated carbocycles. The summed E-state index contributed by atoms with van der Waals surface area (Å²) in [6, 6.07) is 5.32. The molecular formula is C13H11NO3. The molecule has 0 amide bonds. The van der Waals surface area contributed by atoms with Gasteiger partial charge in [0.25, 0.3) is 5.56 Å². The number of hydrogen-bond donors (Lipinski definition) is 1. The third-order valence-corrected chi connectivity index (χ3v) is 2.84. The number of benzene rings is 1. The number of nitrogens with zero attached hydrogens (tertiary/aromatic N) is 1. The molecule has 0 unspecified atom stereocenters. The Kier molecular flexibility index (Phi) is 2.58. The van der Waals surface area contributed by atoms with Gasteiger partial charge in [0.2, 0.25) is 0 Å². The summed E-state index contributed by atoms with van der Waals surface area (Å²) >= 11 is 0. The molecule has 2 aromatic rings. The minimum atomic E-state index is -0.543. The standard InChI is InChI=1S/C13H11NO3/c1-3-8-5-4-6-10-11(8)12(16)9(7-15)13(17)14(10)2/h3-6,16H,1-2H3/b8-3+. The van der Waals surface area contributed by atoms with Crippen molar-refractivity contribution in [3.05, 3.63) is 39.0 Å². The second kappa shape index (κ2) is 3.92. The molecule has 0 fully saturated rings. The molecule has 0 spiro atoms. The monoisotopic (exact) mass is 229 g/mol. The number of carbonyl (C=O) groups excluding carboxylic acids is 1. The first-order valence-corrected chi connectivity index (χ1v) is 5.14. The highest BCUT2D eigenvalue weighted by Crippen LogP contribution is 2.13. The molecule has 4 nitrogen and oxygen atoms in total. The average Bonchev–Trinajstić information content (AvgIpc) is 2.36. The van der Waals surface area contributed by atoms with Crippen molar-refractivity contribution in [3.8, 4) is 5.75 Å². The summed E-state index contributed by atoms with van der Waals surface area (Å²) in [4.78, 5) is 22.5. The molecule has 1 aromatic carbocycles. The summed E-state index contributed by atoms with van der Waals surface area (Å²) in [7, 11) is 1.56. The maximum absolute atomic E-state index is 11.8. The molecule has 0 aliphatic carbocycles. The van der Waals surface area contributed by atoms with Crippen LogP contribution in [0.1, 0.15) is 6.92 Å². The fraction of sp³-hybridized carbons (Fsp3) is 0.154. The maximum Gasteiger partial charge on any atom is 0.273 e. The average molecular weight is 229 g/mol. The molecular weight excluding hydrogens is 218 g/mol. The number of fused-ring (bicyclic) bond motifs is 1. The lowest BCUT2D eigenvalue weighted by atomic mass is 10.1. The highest BCUT2D eigenvalue weighted by atomic mass is 16.3. The SMILES string of the molecule is C/C=c1\cccc2c1c(O)c(=C=O)c(=O)n2C. The number of pyridine rings is 1. The molecule has 0 aliphatic rings. The largest absolute Gasteiger partial charge is 0.506 e. The molecule has 17 heavy (non-hydrogen) atoms. The van der Waals surface area contributed by atoms with E-state index in [0.29, 0.717) is 10.9 Å². The molecule has 0 saturated heterocycles. The quantitative estimate of drug-likeness (QED) is 0.665. The summed E-state index contributed by atoms with van der Waals surface area (Å²) in [6.45, 7) is 1.82. The van der Waals surface area contributed by atoms with Gasteiger partial charge in [0.15, 0.2) is 5.22 Å². The van der Waals surface area contributed by atoms with E-state index in [1.165, 1.54) is 10.5 Å². The Bertz CT molecular complexity index is 796. The van der Waals surface area contributed by atoms with Crippen molar-refractivity contribution in [2.45, 2.75) is 6.92 Å². The predicted molar refractivity (Wildman–Crippen MR) is 65.0 cm³/mol. The number of rotatable bonds is 0. The molecule has 1 N–H and O–H groups in total. The van der Waals surface area contributed by atoms with E-state index in [4.69, 9.17) is 0 Å². The lowest BCUT2D eigenvalue weighted by Gasteiger charge is -2.06. The van der Waals surface area contributed by atoms with Crippen molar-refractivity contribution in [1.82, 2.24) is 4.57 Å². The first-order valence-electron chi connectivity index (χ1n) is 5.14. The molecule has 0 bridgehead atoms. The highest BCUT2D eigenvalue weighted by Gasteiger charge is 2.10. The highest BCUT2D eigenvalue weighted by molar-refractivity contribution is 5.87. The van der Waals surface area contributed by atoms with E-state index in [0.717, 1.165) is 5.22 Å². The Morgan fingerprint density at radius 3 is 2.71 bits per heavy atom. The van der Waals surface area contributed by atoms with E-state index in [1.807, 2.05) is 6.92 Å². The topological polar surface area (TPSA) is 59.3 Å². The number of aryl methyl sites for hydroxylation is 1. The van der Waals surface area contributed by atoms with E-state index in [9.17, 15) is 14.7 Å². The van der Waals surface area contributed by atoms with Crippen LogP contribution in [0.5, 0.6) is 5.75 Å². The van der Waals surface area contributed by atoms with E-state index in [2.05, 4.69) is 0 Å². The van der Waals surface area contributed by atoms with Crippen LogP contribution in [0.15, 0.2) is 23.0 Å². The van der Waals surface area contributed by atoms with Gasteiger partial charge in [-0.3, -0.25) is 4.79 Å². The van der Waals surface area contributed by atoms with Crippen LogP contribution in [0.3, 0.4) is 0 Å². The minimum absolute atomic E-state index is 0.299. The number of hydrogen-bond acceptors (Lipinski definition) is 3. The van der Waals surface area contributed by atoms with Crippen LogP contribution < -0.4 is 16.0 Å². The van der Waals surface area contributed by atoms with Crippen LogP contribution in [0.25, 0.3) is 17.0 Å². The molecule has 0 aliphatic heterocycles. The van der Waals surface area contributed by atoms with Crippen LogP contribution >= 0.6 is 0 Å². The minimum Gasteiger partial charge on any atom is -0.506 e. The smallest absolute Gasteiger partial charge is 0.273 e. The van der Waals surface area contributed by atoms with Crippen molar-refractivity contribution >= 4 is 22.9 Å². The van der Waals surface area contributed by atoms with Crippen LogP contribution in [-0.2, 0) is 11.8 Å². The molecule has 2 rings (SSSR count). The van der Waals surface area contributed by atoms with Gasteiger partial charge in [-0.05, 0) is 18.2 Å². The van der Waals surface area contributed by atoms with Crippen molar-refractivity contribution in [2.24, 2.45) is 7.05 Å². The second-order valence-corrected chi connectivity index (χ2v) is 3.72. The van der Waals surface area contributed by atoms with Gasteiger partial charge in [0.05, 0.1) is 5.52 Å². The predicted octanol–water partition coefficient (Wildman–Crippen LogP) is -0.452. The van der Waals surface area contributed by atoms with Crippen LogP contribution in [-0.4, -0.2) is 15.6 Å². The van der Waals surface area contributed by atoms with Gasteiger partial charge in [-0.2, -0.15) is 0 Å². The van der Waals surface area contributed by atoms with Crippen LogP contribution in [0.2, 0.25) is 0 Å². The van der Waals surface area contributed by atoms with E-state index in [1.54, 1.807) is 31.3 Å². The molecule has 0 atom stereocenters. The Hall–Kier alpha value is -2.32. The third-order valence-electron chi connectivity index (χ3n) is 2.84. The van der Waals surface area contributed by atoms with E-state index < -0.39 is 5.56 Å². The van der Waals surface area contributed by atoms with E-state index >= 15 is 0 Å². The summed E-state index contributed by atoms with van der Waals surface area (Å²) in [5, 5.41) is 10.9. The molecule has 4 heteroatoms. The Morgan fingerprint density at radius 2 is 2.12 bits per heavy atom. The molecule has 0 radical (unpaired) electrons. The van der Waals surface area contributed by atoms with Gasteiger partial charge >= 0.3 is 0 Å². The first-order chi connectivity index (χ1) is 8.11. The van der Waals surface area contributed by atoms with Gasteiger partial charge in [-0.1, -0.05) is 18.2 Å². The summed E-state index contributed by atoms with van der Waals surface area (Å²) < 4.78 is 1.34. The van der Waals surface area contributed by atoms with Crippen molar-refractivity contribution in [1.29, 1.82) is 0 Å². The summed E-state index contributed by atoms with van der Waals surface area (Å²) in [5.41, 5.74) is 0.0420. The van der Waals surface area contributed by atoms with Crippen LogP contribution in [0.4, 0.5) is 0 Å². The molecule has 1 aromatic heterocycles.